The molecule has 170 valence electrons. The third-order valence-corrected chi connectivity index (χ3v) is 8.39. The molecular formula is C25H19N3O3S3. The van der Waals surface area contributed by atoms with Crippen LogP contribution < -0.4 is 4.90 Å². The van der Waals surface area contributed by atoms with Crippen molar-refractivity contribution in [1.29, 1.82) is 0 Å². The SMILES string of the molecule is Cc1ccc(C2C(C(=O)c3cccs3)=C(O)C(=O)N2c2nnc(SCc3ccccc3)s2)cc1. The van der Waals surface area contributed by atoms with E-state index in [2.05, 4.69) is 10.2 Å². The number of hydrogen-bond acceptors (Lipinski definition) is 8. The molecular weight excluding hydrogens is 486 g/mol. The monoisotopic (exact) mass is 505 g/mol. The number of ketones is 1. The first-order valence-corrected chi connectivity index (χ1v) is 13.1. The Morgan fingerprint density at radius 3 is 2.53 bits per heavy atom. The molecule has 1 unspecified atom stereocenters. The van der Waals surface area contributed by atoms with Crippen molar-refractivity contribution in [2.45, 2.75) is 23.1 Å². The lowest BCUT2D eigenvalue weighted by atomic mass is 9.95. The molecule has 1 atom stereocenters. The summed E-state index contributed by atoms with van der Waals surface area (Å²) in [4.78, 5) is 28.4. The van der Waals surface area contributed by atoms with Gasteiger partial charge in [0.25, 0.3) is 5.91 Å². The van der Waals surface area contributed by atoms with Crippen molar-refractivity contribution in [2.75, 3.05) is 4.90 Å². The molecule has 2 aromatic carbocycles. The lowest BCUT2D eigenvalue weighted by Gasteiger charge is -2.24. The van der Waals surface area contributed by atoms with Crippen LogP contribution in [0, 0.1) is 6.92 Å². The van der Waals surface area contributed by atoms with E-state index in [-0.39, 0.29) is 11.4 Å². The first kappa shape index (κ1) is 22.5. The topological polar surface area (TPSA) is 83.4 Å². The molecule has 2 aromatic heterocycles. The summed E-state index contributed by atoms with van der Waals surface area (Å²) >= 11 is 4.07. The number of nitrogens with zero attached hydrogens (tertiary/aromatic N) is 3. The second-order valence-electron chi connectivity index (χ2n) is 7.68. The van der Waals surface area contributed by atoms with Crippen molar-refractivity contribution in [1.82, 2.24) is 10.2 Å². The molecule has 4 aromatic rings. The number of carbonyl (C=O) groups is 2. The average molecular weight is 506 g/mol. The van der Waals surface area contributed by atoms with Gasteiger partial charge in [0.1, 0.15) is 0 Å². The number of benzene rings is 2. The highest BCUT2D eigenvalue weighted by Crippen LogP contribution is 2.44. The number of aliphatic hydroxyl groups excluding tert-OH is 1. The highest BCUT2D eigenvalue weighted by molar-refractivity contribution is 8.00. The number of rotatable bonds is 7. The molecule has 0 radical (unpaired) electrons. The van der Waals surface area contributed by atoms with Gasteiger partial charge in [-0.05, 0) is 29.5 Å². The predicted molar refractivity (Wildman–Crippen MR) is 136 cm³/mol. The molecule has 34 heavy (non-hydrogen) atoms. The zero-order chi connectivity index (χ0) is 23.7. The van der Waals surface area contributed by atoms with E-state index in [4.69, 9.17) is 0 Å². The Labute approximate surface area is 208 Å². The van der Waals surface area contributed by atoms with E-state index in [1.54, 1.807) is 17.5 Å². The number of thioether (sulfide) groups is 1. The van der Waals surface area contributed by atoms with Crippen molar-refractivity contribution in [3.05, 3.63) is 105 Å². The number of anilines is 1. The number of aryl methyl sites for hydroxylation is 1. The normalized spacial score (nSPS) is 15.9. The van der Waals surface area contributed by atoms with Crippen LogP contribution in [-0.2, 0) is 10.5 Å². The second-order valence-corrected chi connectivity index (χ2v) is 10.8. The molecule has 0 fully saturated rings. The average Bonchev–Trinajstić information content (AvgIpc) is 3.60. The summed E-state index contributed by atoms with van der Waals surface area (Å²) in [5.74, 6) is -0.841. The Morgan fingerprint density at radius 1 is 1.06 bits per heavy atom. The van der Waals surface area contributed by atoms with E-state index >= 15 is 0 Å². The molecule has 3 heterocycles. The van der Waals surface area contributed by atoms with Gasteiger partial charge in [-0.15, -0.1) is 21.5 Å². The van der Waals surface area contributed by atoms with Gasteiger partial charge in [0.05, 0.1) is 16.5 Å². The first-order chi connectivity index (χ1) is 16.5. The highest BCUT2D eigenvalue weighted by atomic mass is 32.2. The van der Waals surface area contributed by atoms with Gasteiger partial charge in [-0.1, -0.05) is 89.3 Å². The van der Waals surface area contributed by atoms with Gasteiger partial charge in [0.2, 0.25) is 10.9 Å². The van der Waals surface area contributed by atoms with Crippen molar-refractivity contribution >= 4 is 51.3 Å². The number of hydrogen-bond donors (Lipinski definition) is 1. The van der Waals surface area contributed by atoms with E-state index in [1.807, 2.05) is 61.5 Å². The van der Waals surface area contributed by atoms with Crippen LogP contribution in [0.1, 0.15) is 32.4 Å². The van der Waals surface area contributed by atoms with Crippen LogP contribution in [-0.4, -0.2) is 27.0 Å². The van der Waals surface area contributed by atoms with E-state index in [1.165, 1.54) is 39.3 Å². The quantitative estimate of drug-likeness (QED) is 0.189. The van der Waals surface area contributed by atoms with Crippen LogP contribution in [0.25, 0.3) is 0 Å². The molecule has 0 saturated heterocycles. The van der Waals surface area contributed by atoms with Gasteiger partial charge in [0.15, 0.2) is 10.1 Å². The molecule has 1 amide bonds. The molecule has 1 aliphatic heterocycles. The van der Waals surface area contributed by atoms with Crippen LogP contribution in [0.3, 0.4) is 0 Å². The van der Waals surface area contributed by atoms with E-state index < -0.39 is 17.7 Å². The van der Waals surface area contributed by atoms with Gasteiger partial charge in [-0.3, -0.25) is 14.5 Å². The molecule has 0 bridgehead atoms. The summed E-state index contributed by atoms with van der Waals surface area (Å²) in [5.41, 5.74) is 2.98. The van der Waals surface area contributed by atoms with E-state index in [0.717, 1.165) is 22.4 Å². The molecule has 9 heteroatoms. The van der Waals surface area contributed by atoms with Crippen molar-refractivity contribution < 1.29 is 14.7 Å². The standard InChI is InChI=1S/C25H19N3O3S3/c1-15-9-11-17(12-10-15)20-19(21(29)18-8-5-13-32-18)22(30)23(31)28(20)24-26-27-25(34-24)33-14-16-6-3-2-4-7-16/h2-13,20,30H,14H2,1H3. The summed E-state index contributed by atoms with van der Waals surface area (Å²) in [7, 11) is 0. The highest BCUT2D eigenvalue weighted by Gasteiger charge is 2.46. The zero-order valence-corrected chi connectivity index (χ0v) is 20.5. The van der Waals surface area contributed by atoms with E-state index in [9.17, 15) is 14.7 Å². The minimum Gasteiger partial charge on any atom is -0.503 e. The van der Waals surface area contributed by atoms with Gasteiger partial charge in [-0.25, -0.2) is 0 Å². The molecule has 6 nitrogen and oxygen atoms in total. The van der Waals surface area contributed by atoms with Crippen LogP contribution in [0.15, 0.2) is 87.8 Å². The Hall–Kier alpha value is -3.27. The van der Waals surface area contributed by atoms with Gasteiger partial charge >= 0.3 is 0 Å². The van der Waals surface area contributed by atoms with E-state index in [0.29, 0.717) is 14.3 Å². The molecule has 0 spiro atoms. The number of Topliss-reactive ketones (excluding diaryl/α,β-unsaturated/α-hetero) is 1. The lowest BCUT2D eigenvalue weighted by molar-refractivity contribution is -0.117. The summed E-state index contributed by atoms with van der Waals surface area (Å²) in [6.07, 6.45) is 0. The number of carbonyl (C=O) groups excluding carboxylic acids is 2. The minimum absolute atomic E-state index is 0.0602. The first-order valence-electron chi connectivity index (χ1n) is 10.4. The summed E-state index contributed by atoms with van der Waals surface area (Å²) in [6.45, 7) is 1.97. The zero-order valence-electron chi connectivity index (χ0n) is 18.0. The second kappa shape index (κ2) is 9.54. The third-order valence-electron chi connectivity index (χ3n) is 5.40. The Morgan fingerprint density at radius 2 is 1.82 bits per heavy atom. The van der Waals surface area contributed by atoms with Crippen LogP contribution in [0.4, 0.5) is 5.13 Å². The van der Waals surface area contributed by atoms with Crippen molar-refractivity contribution in [3.8, 4) is 0 Å². The van der Waals surface area contributed by atoms with Gasteiger partial charge < -0.3 is 5.11 Å². The summed E-state index contributed by atoms with van der Waals surface area (Å²) in [5, 5.41) is 21.5. The Balaban J connectivity index is 1.50. The minimum atomic E-state index is -0.789. The third kappa shape index (κ3) is 4.29. The summed E-state index contributed by atoms with van der Waals surface area (Å²) in [6, 6.07) is 20.3. The number of thiophene rings is 1. The number of aliphatic hydroxyl groups is 1. The molecule has 1 aliphatic rings. The maximum atomic E-state index is 13.3. The van der Waals surface area contributed by atoms with Gasteiger partial charge in [0, 0.05) is 5.75 Å². The fraction of sp³-hybridized carbons (Fsp3) is 0.120. The van der Waals surface area contributed by atoms with Crippen LogP contribution >= 0.6 is 34.4 Å². The fourth-order valence-corrected chi connectivity index (χ4v) is 6.22. The number of aromatic nitrogens is 2. The van der Waals surface area contributed by atoms with Crippen molar-refractivity contribution in [3.63, 3.8) is 0 Å². The molecule has 1 N–H and O–H groups in total. The van der Waals surface area contributed by atoms with Crippen LogP contribution in [0.2, 0.25) is 0 Å². The Bertz CT molecular complexity index is 1360. The molecule has 0 saturated carbocycles. The molecule has 0 aliphatic carbocycles. The maximum absolute atomic E-state index is 13.3. The number of amides is 1. The summed E-state index contributed by atoms with van der Waals surface area (Å²) < 4.78 is 0.701. The van der Waals surface area contributed by atoms with Gasteiger partial charge in [-0.2, -0.15) is 0 Å². The van der Waals surface area contributed by atoms with Crippen LogP contribution in [0.5, 0.6) is 0 Å². The maximum Gasteiger partial charge on any atom is 0.296 e. The lowest BCUT2D eigenvalue weighted by Crippen LogP contribution is -2.31. The predicted octanol–water partition coefficient (Wildman–Crippen LogP) is 5.98. The largest absolute Gasteiger partial charge is 0.503 e. The van der Waals surface area contributed by atoms with Crippen molar-refractivity contribution in [2.24, 2.45) is 0 Å². The Kier molecular flexibility index (Phi) is 6.32. The smallest absolute Gasteiger partial charge is 0.296 e. The fourth-order valence-electron chi connectivity index (χ4n) is 3.72. The molecule has 5 rings (SSSR count).